The number of rotatable bonds is 4. The number of fused-ring (bicyclic) bond motifs is 2. The summed E-state index contributed by atoms with van der Waals surface area (Å²) >= 11 is 1.61. The molecule has 3 aromatic heterocycles. The highest BCUT2D eigenvalue weighted by Crippen LogP contribution is 2.39. The Labute approximate surface area is 149 Å². The van der Waals surface area contributed by atoms with Crippen LogP contribution in [0.3, 0.4) is 0 Å². The van der Waals surface area contributed by atoms with Crippen molar-refractivity contribution in [2.24, 2.45) is 0 Å². The summed E-state index contributed by atoms with van der Waals surface area (Å²) in [5.74, 6) is 2.58. The molecule has 1 saturated carbocycles. The van der Waals surface area contributed by atoms with Crippen LogP contribution in [0, 0.1) is 6.92 Å². The SMILES string of the molecule is Cc1nn2cc(CNc3nc(C4CC4)nc4c3CCNCC4)nc2s1. The van der Waals surface area contributed by atoms with Gasteiger partial charge in [0.25, 0.3) is 0 Å². The van der Waals surface area contributed by atoms with Crippen molar-refractivity contribution in [1.29, 1.82) is 0 Å². The molecule has 0 aromatic carbocycles. The molecule has 0 saturated heterocycles. The van der Waals surface area contributed by atoms with E-state index in [-0.39, 0.29) is 0 Å². The average Bonchev–Trinajstić information content (AvgIpc) is 3.33. The van der Waals surface area contributed by atoms with Crippen molar-refractivity contribution in [2.75, 3.05) is 18.4 Å². The van der Waals surface area contributed by atoms with Gasteiger partial charge in [-0.2, -0.15) is 5.10 Å². The summed E-state index contributed by atoms with van der Waals surface area (Å²) in [5.41, 5.74) is 3.47. The van der Waals surface area contributed by atoms with Crippen molar-refractivity contribution in [3.05, 3.63) is 34.0 Å². The Morgan fingerprint density at radius 1 is 1.24 bits per heavy atom. The third-order valence-electron chi connectivity index (χ3n) is 4.77. The largest absolute Gasteiger partial charge is 0.364 e. The summed E-state index contributed by atoms with van der Waals surface area (Å²) in [4.78, 5) is 15.3. The van der Waals surface area contributed by atoms with E-state index in [1.165, 1.54) is 24.1 Å². The zero-order chi connectivity index (χ0) is 16.8. The standard InChI is InChI=1S/C17H21N7S/c1-10-23-24-9-12(20-17(24)25-10)8-19-16-13-4-6-18-7-5-14(13)21-15(22-16)11-2-3-11/h9,11,18H,2-8H2,1H3,(H,19,21,22). The van der Waals surface area contributed by atoms with Crippen molar-refractivity contribution in [1.82, 2.24) is 29.9 Å². The van der Waals surface area contributed by atoms with Crippen LogP contribution in [0.15, 0.2) is 6.20 Å². The van der Waals surface area contributed by atoms with Crippen LogP contribution in [-0.4, -0.2) is 37.7 Å². The minimum absolute atomic E-state index is 0.562. The first-order valence-corrected chi connectivity index (χ1v) is 9.74. The maximum Gasteiger partial charge on any atom is 0.212 e. The Morgan fingerprint density at radius 3 is 2.96 bits per heavy atom. The number of hydrogen-bond donors (Lipinski definition) is 2. The van der Waals surface area contributed by atoms with E-state index in [4.69, 9.17) is 9.97 Å². The van der Waals surface area contributed by atoms with Gasteiger partial charge >= 0.3 is 0 Å². The summed E-state index contributed by atoms with van der Waals surface area (Å²) in [6.07, 6.45) is 6.39. The Morgan fingerprint density at radius 2 is 2.12 bits per heavy atom. The molecule has 1 fully saturated rings. The van der Waals surface area contributed by atoms with Crippen LogP contribution in [0.25, 0.3) is 4.96 Å². The highest BCUT2D eigenvalue weighted by atomic mass is 32.1. The molecule has 1 aliphatic carbocycles. The quantitative estimate of drug-likeness (QED) is 0.746. The number of aryl methyl sites for hydroxylation is 1. The number of imidazole rings is 1. The van der Waals surface area contributed by atoms with Crippen LogP contribution in [0.4, 0.5) is 5.82 Å². The number of anilines is 1. The van der Waals surface area contributed by atoms with Crippen LogP contribution in [0.1, 0.15) is 46.5 Å². The molecule has 0 bridgehead atoms. The van der Waals surface area contributed by atoms with E-state index in [0.29, 0.717) is 12.5 Å². The highest BCUT2D eigenvalue weighted by Gasteiger charge is 2.29. The van der Waals surface area contributed by atoms with Gasteiger partial charge in [0.05, 0.1) is 24.1 Å². The first-order chi connectivity index (χ1) is 12.3. The van der Waals surface area contributed by atoms with Gasteiger partial charge in [-0.25, -0.2) is 19.5 Å². The van der Waals surface area contributed by atoms with Gasteiger partial charge in [-0.1, -0.05) is 11.3 Å². The molecular weight excluding hydrogens is 334 g/mol. The molecule has 25 heavy (non-hydrogen) atoms. The van der Waals surface area contributed by atoms with E-state index >= 15 is 0 Å². The van der Waals surface area contributed by atoms with Gasteiger partial charge in [0.1, 0.15) is 16.6 Å². The zero-order valence-corrected chi connectivity index (χ0v) is 15.1. The fourth-order valence-corrected chi connectivity index (χ4v) is 4.08. The van der Waals surface area contributed by atoms with Crippen LogP contribution < -0.4 is 10.6 Å². The van der Waals surface area contributed by atoms with Crippen molar-refractivity contribution in [3.8, 4) is 0 Å². The summed E-state index contributed by atoms with van der Waals surface area (Å²) in [7, 11) is 0. The molecule has 8 heteroatoms. The normalized spacial score (nSPS) is 17.5. The molecule has 0 atom stereocenters. The summed E-state index contributed by atoms with van der Waals surface area (Å²) < 4.78 is 1.86. The fraction of sp³-hybridized carbons (Fsp3) is 0.529. The maximum atomic E-state index is 4.87. The third kappa shape index (κ3) is 3.00. The molecule has 0 radical (unpaired) electrons. The highest BCUT2D eigenvalue weighted by molar-refractivity contribution is 7.16. The summed E-state index contributed by atoms with van der Waals surface area (Å²) in [5, 5.41) is 12.4. The lowest BCUT2D eigenvalue weighted by Crippen LogP contribution is -2.16. The van der Waals surface area contributed by atoms with Crippen LogP contribution in [0.2, 0.25) is 0 Å². The molecule has 0 spiro atoms. The molecule has 1 aliphatic heterocycles. The van der Waals surface area contributed by atoms with Crippen LogP contribution >= 0.6 is 11.3 Å². The lowest BCUT2D eigenvalue weighted by molar-refractivity contribution is 0.707. The molecule has 4 heterocycles. The van der Waals surface area contributed by atoms with Gasteiger partial charge in [0.15, 0.2) is 0 Å². The number of nitrogens with one attached hydrogen (secondary N) is 2. The van der Waals surface area contributed by atoms with E-state index in [1.807, 2.05) is 17.6 Å². The van der Waals surface area contributed by atoms with E-state index in [9.17, 15) is 0 Å². The molecule has 0 unspecified atom stereocenters. The predicted octanol–water partition coefficient (Wildman–Crippen LogP) is 2.07. The van der Waals surface area contributed by atoms with Crippen molar-refractivity contribution in [2.45, 2.75) is 45.1 Å². The minimum atomic E-state index is 0.562. The summed E-state index contributed by atoms with van der Waals surface area (Å²) in [6, 6.07) is 0. The van der Waals surface area contributed by atoms with Crippen molar-refractivity contribution >= 4 is 22.1 Å². The lowest BCUT2D eigenvalue weighted by atomic mass is 10.1. The van der Waals surface area contributed by atoms with E-state index in [0.717, 1.165) is 53.2 Å². The van der Waals surface area contributed by atoms with Gasteiger partial charge in [0.2, 0.25) is 4.96 Å². The van der Waals surface area contributed by atoms with Gasteiger partial charge < -0.3 is 10.6 Å². The van der Waals surface area contributed by atoms with Crippen molar-refractivity contribution in [3.63, 3.8) is 0 Å². The molecule has 0 amide bonds. The van der Waals surface area contributed by atoms with Crippen LogP contribution in [-0.2, 0) is 19.4 Å². The van der Waals surface area contributed by atoms with E-state index in [2.05, 4.69) is 20.7 Å². The first kappa shape index (κ1) is 15.2. The fourth-order valence-electron chi connectivity index (χ4n) is 3.34. The molecule has 2 N–H and O–H groups in total. The second-order valence-corrected chi connectivity index (χ2v) is 7.97. The second kappa shape index (κ2) is 6.03. The zero-order valence-electron chi connectivity index (χ0n) is 14.2. The van der Waals surface area contributed by atoms with Gasteiger partial charge in [-0.05, 0) is 32.7 Å². The number of hydrogen-bond acceptors (Lipinski definition) is 7. The smallest absolute Gasteiger partial charge is 0.212 e. The number of nitrogens with zero attached hydrogens (tertiary/aromatic N) is 5. The monoisotopic (exact) mass is 355 g/mol. The van der Waals surface area contributed by atoms with Crippen molar-refractivity contribution < 1.29 is 0 Å². The molecular formula is C17H21N7S. The topological polar surface area (TPSA) is 80.0 Å². The average molecular weight is 355 g/mol. The molecule has 5 rings (SSSR count). The van der Waals surface area contributed by atoms with Crippen LogP contribution in [0.5, 0.6) is 0 Å². The molecule has 3 aromatic rings. The third-order valence-corrected chi connectivity index (χ3v) is 5.61. The Balaban J connectivity index is 1.43. The molecule has 7 nitrogen and oxygen atoms in total. The minimum Gasteiger partial charge on any atom is -0.364 e. The Bertz CT molecular complexity index is 893. The van der Waals surface area contributed by atoms with E-state index in [1.54, 1.807) is 11.3 Å². The van der Waals surface area contributed by atoms with E-state index < -0.39 is 0 Å². The number of aromatic nitrogens is 5. The molecule has 2 aliphatic rings. The summed E-state index contributed by atoms with van der Waals surface area (Å²) in [6.45, 7) is 4.64. The predicted molar refractivity (Wildman–Crippen MR) is 97.2 cm³/mol. The van der Waals surface area contributed by atoms with Gasteiger partial charge in [0, 0.05) is 24.4 Å². The Kier molecular flexibility index (Phi) is 3.67. The molecule has 130 valence electrons. The lowest BCUT2D eigenvalue weighted by Gasteiger charge is -2.14. The Hall–Kier alpha value is -2.06. The maximum absolute atomic E-state index is 4.87. The van der Waals surface area contributed by atoms with Gasteiger partial charge in [-0.3, -0.25) is 0 Å². The second-order valence-electron chi connectivity index (χ2n) is 6.81. The van der Waals surface area contributed by atoms with Gasteiger partial charge in [-0.15, -0.1) is 0 Å². The first-order valence-electron chi connectivity index (χ1n) is 8.92.